The molecule has 0 spiro atoms. The molecule has 0 bridgehead atoms. The predicted molar refractivity (Wildman–Crippen MR) is 89.9 cm³/mol. The fourth-order valence-corrected chi connectivity index (χ4v) is 4.28. The van der Waals surface area contributed by atoms with Crippen molar-refractivity contribution in [3.05, 3.63) is 0 Å². The molecule has 0 heterocycles. The highest BCUT2D eigenvalue weighted by atomic mass is 16.3. The minimum absolute atomic E-state index is 0.330. The Morgan fingerprint density at radius 3 is 1.35 bits per heavy atom. The van der Waals surface area contributed by atoms with Crippen molar-refractivity contribution in [2.24, 2.45) is 0 Å². The van der Waals surface area contributed by atoms with E-state index in [1.807, 2.05) is 0 Å². The van der Waals surface area contributed by atoms with Crippen LogP contribution in [0, 0.1) is 0 Å². The van der Waals surface area contributed by atoms with Gasteiger partial charge in [0, 0.05) is 13.0 Å². The lowest BCUT2D eigenvalue weighted by Gasteiger charge is -2.52. The van der Waals surface area contributed by atoms with Crippen LogP contribution in [0.5, 0.6) is 0 Å². The number of rotatable bonds is 12. The lowest BCUT2D eigenvalue weighted by molar-refractivity contribution is -0.991. The molecular formula is C18H40NO+. The Morgan fingerprint density at radius 1 is 0.750 bits per heavy atom. The van der Waals surface area contributed by atoms with Crippen LogP contribution in [0.3, 0.4) is 0 Å². The van der Waals surface area contributed by atoms with Gasteiger partial charge in [0.2, 0.25) is 0 Å². The van der Waals surface area contributed by atoms with Crippen LogP contribution in [-0.4, -0.2) is 40.9 Å². The van der Waals surface area contributed by atoms with Gasteiger partial charge in [-0.05, 0) is 40.0 Å². The van der Waals surface area contributed by atoms with Gasteiger partial charge in [0.25, 0.3) is 0 Å². The van der Waals surface area contributed by atoms with Crippen LogP contribution in [0.1, 0.15) is 86.5 Å². The Hall–Kier alpha value is -0.0800. The summed E-state index contributed by atoms with van der Waals surface area (Å²) in [5.41, 5.74) is 0. The third-order valence-electron chi connectivity index (χ3n) is 5.28. The van der Waals surface area contributed by atoms with Crippen molar-refractivity contribution >= 4 is 0 Å². The summed E-state index contributed by atoms with van der Waals surface area (Å²) < 4.78 is 1.22. The predicted octanol–water partition coefficient (Wildman–Crippen LogP) is 4.75. The maximum absolute atomic E-state index is 9.35. The van der Waals surface area contributed by atoms with E-state index in [1.54, 1.807) is 0 Å². The first-order chi connectivity index (χ1) is 9.50. The lowest BCUT2D eigenvalue weighted by atomic mass is 9.94. The molecule has 122 valence electrons. The summed E-state index contributed by atoms with van der Waals surface area (Å²) in [5.74, 6) is 0. The second-order valence-electron chi connectivity index (χ2n) is 6.71. The van der Waals surface area contributed by atoms with E-state index in [0.717, 1.165) is 13.0 Å². The number of hydrogen-bond donors (Lipinski definition) is 1. The van der Waals surface area contributed by atoms with Gasteiger partial charge in [0.15, 0.2) is 0 Å². The first-order valence-electron chi connectivity index (χ1n) is 8.99. The van der Waals surface area contributed by atoms with Gasteiger partial charge in [0.1, 0.15) is 0 Å². The van der Waals surface area contributed by atoms with Gasteiger partial charge in [-0.3, -0.25) is 0 Å². The molecule has 0 saturated carbocycles. The third-order valence-corrected chi connectivity index (χ3v) is 5.28. The summed E-state index contributed by atoms with van der Waals surface area (Å²) in [7, 11) is 0. The summed E-state index contributed by atoms with van der Waals surface area (Å²) >= 11 is 0. The second kappa shape index (κ2) is 10.6. The summed E-state index contributed by atoms with van der Waals surface area (Å²) in [5, 5.41) is 9.35. The molecule has 2 nitrogen and oxygen atoms in total. The van der Waals surface area contributed by atoms with Crippen LogP contribution in [-0.2, 0) is 0 Å². The van der Waals surface area contributed by atoms with Crippen LogP contribution in [0.25, 0.3) is 0 Å². The zero-order valence-electron chi connectivity index (χ0n) is 15.0. The Kier molecular flexibility index (Phi) is 10.6. The van der Waals surface area contributed by atoms with Gasteiger partial charge in [-0.15, -0.1) is 0 Å². The number of quaternary nitrogens is 1. The van der Waals surface area contributed by atoms with Crippen LogP contribution in [0.4, 0.5) is 0 Å². The summed E-state index contributed by atoms with van der Waals surface area (Å²) in [6, 6.07) is 2.11. The van der Waals surface area contributed by atoms with Crippen molar-refractivity contribution in [2.75, 3.05) is 13.2 Å². The molecule has 0 aromatic carbocycles. The Morgan fingerprint density at radius 2 is 1.10 bits per heavy atom. The van der Waals surface area contributed by atoms with E-state index >= 15 is 0 Å². The molecule has 0 fully saturated rings. The number of hydrogen-bond acceptors (Lipinski definition) is 1. The smallest absolute Gasteiger partial charge is 0.0865 e. The van der Waals surface area contributed by atoms with Crippen molar-refractivity contribution in [1.29, 1.82) is 0 Å². The molecule has 0 aromatic heterocycles. The number of nitrogens with zero attached hydrogens (tertiary/aromatic N) is 1. The second-order valence-corrected chi connectivity index (χ2v) is 6.71. The molecule has 0 saturated heterocycles. The number of aliphatic hydroxyl groups excluding tert-OH is 1. The normalized spacial score (nSPS) is 19.4. The monoisotopic (exact) mass is 286 g/mol. The van der Waals surface area contributed by atoms with Crippen molar-refractivity contribution in [2.45, 2.75) is 105 Å². The fraction of sp³-hybridized carbons (Fsp3) is 1.00. The zero-order valence-corrected chi connectivity index (χ0v) is 15.0. The highest BCUT2D eigenvalue weighted by Crippen LogP contribution is 2.32. The lowest BCUT2D eigenvalue weighted by Crippen LogP contribution is -2.64. The third kappa shape index (κ3) is 5.04. The van der Waals surface area contributed by atoms with E-state index in [2.05, 4.69) is 41.5 Å². The molecule has 0 rings (SSSR count). The minimum Gasteiger partial charge on any atom is -0.396 e. The highest BCUT2D eigenvalue weighted by Gasteiger charge is 2.42. The quantitative estimate of drug-likeness (QED) is 0.513. The highest BCUT2D eigenvalue weighted by molar-refractivity contribution is 4.67. The van der Waals surface area contributed by atoms with Crippen molar-refractivity contribution in [3.63, 3.8) is 0 Å². The molecule has 0 aliphatic carbocycles. The Bertz CT molecular complexity index is 198. The van der Waals surface area contributed by atoms with E-state index < -0.39 is 0 Å². The molecule has 20 heavy (non-hydrogen) atoms. The van der Waals surface area contributed by atoms with E-state index in [0.29, 0.717) is 24.7 Å². The van der Waals surface area contributed by atoms with E-state index in [-0.39, 0.29) is 0 Å². The van der Waals surface area contributed by atoms with Crippen molar-refractivity contribution < 1.29 is 9.59 Å². The molecule has 3 atom stereocenters. The molecule has 0 radical (unpaired) electrons. The Labute approximate surface area is 128 Å². The minimum atomic E-state index is 0.330. The largest absolute Gasteiger partial charge is 0.396 e. The topological polar surface area (TPSA) is 20.2 Å². The van der Waals surface area contributed by atoms with Crippen molar-refractivity contribution in [1.82, 2.24) is 0 Å². The summed E-state index contributed by atoms with van der Waals surface area (Å²) in [6.45, 7) is 15.7. The van der Waals surface area contributed by atoms with Crippen LogP contribution in [0.15, 0.2) is 0 Å². The first kappa shape index (κ1) is 19.9. The van der Waals surface area contributed by atoms with Gasteiger partial charge < -0.3 is 9.59 Å². The van der Waals surface area contributed by atoms with Crippen molar-refractivity contribution in [3.8, 4) is 0 Å². The maximum atomic E-state index is 9.35. The molecule has 1 N–H and O–H groups in total. The van der Waals surface area contributed by atoms with E-state index in [1.165, 1.54) is 43.0 Å². The molecule has 0 amide bonds. The van der Waals surface area contributed by atoms with Crippen LogP contribution >= 0.6 is 0 Å². The summed E-state index contributed by atoms with van der Waals surface area (Å²) in [6.07, 6.45) is 8.62. The molecule has 2 heteroatoms. The first-order valence-corrected chi connectivity index (χ1v) is 8.99. The zero-order chi connectivity index (χ0) is 15.6. The molecule has 0 aliphatic rings. The average Bonchev–Trinajstić information content (AvgIpc) is 2.40. The van der Waals surface area contributed by atoms with Gasteiger partial charge in [0.05, 0.1) is 24.7 Å². The fourth-order valence-electron chi connectivity index (χ4n) is 4.28. The van der Waals surface area contributed by atoms with E-state index in [4.69, 9.17) is 0 Å². The van der Waals surface area contributed by atoms with Crippen LogP contribution < -0.4 is 0 Å². The van der Waals surface area contributed by atoms with Gasteiger partial charge >= 0.3 is 0 Å². The van der Waals surface area contributed by atoms with E-state index in [9.17, 15) is 5.11 Å². The Balaban J connectivity index is 5.35. The molecular weight excluding hydrogens is 246 g/mol. The molecule has 0 aromatic rings. The summed E-state index contributed by atoms with van der Waals surface area (Å²) in [4.78, 5) is 0. The van der Waals surface area contributed by atoms with Crippen LogP contribution in [0.2, 0.25) is 0 Å². The number of aliphatic hydroxyl groups is 1. The molecule has 3 unspecified atom stereocenters. The van der Waals surface area contributed by atoms with Gasteiger partial charge in [-0.25, -0.2) is 0 Å². The standard InChI is InChI=1S/C18H40NO/c1-7-11-16(4)19(14-10-15-20,17(5)12-8-2)18(6)13-9-3/h16-18,20H,7-15H2,1-6H3/q+1. The molecule has 0 aliphatic heterocycles. The maximum Gasteiger partial charge on any atom is 0.0865 e. The average molecular weight is 287 g/mol. The van der Waals surface area contributed by atoms with Gasteiger partial charge in [-0.2, -0.15) is 0 Å². The van der Waals surface area contributed by atoms with Gasteiger partial charge in [-0.1, -0.05) is 40.0 Å². The SMILES string of the molecule is CCCC(C)[N+](CCCO)(C(C)CCC)C(C)CCC.